The molecule has 0 heterocycles. The molecule has 1 atom stereocenters. The highest BCUT2D eigenvalue weighted by Gasteiger charge is 2.19. The molecule has 0 saturated carbocycles. The molecule has 3 heteroatoms. The summed E-state index contributed by atoms with van der Waals surface area (Å²) in [7, 11) is 0. The molecule has 0 spiro atoms. The van der Waals surface area contributed by atoms with E-state index in [9.17, 15) is 4.21 Å². The van der Waals surface area contributed by atoms with Gasteiger partial charge in [0.15, 0.2) is 11.1 Å². The number of rotatable bonds is 4. The van der Waals surface area contributed by atoms with E-state index in [0.717, 1.165) is 12.8 Å². The summed E-state index contributed by atoms with van der Waals surface area (Å²) >= 11 is -1.14. The van der Waals surface area contributed by atoms with E-state index < -0.39 is 11.1 Å². The van der Waals surface area contributed by atoms with Crippen LogP contribution in [0.1, 0.15) is 40.5 Å². The molecular weight excluding hydrogens is 160 g/mol. The summed E-state index contributed by atoms with van der Waals surface area (Å²) in [6.07, 6.45) is 2.07. The maximum atomic E-state index is 11.2. The second kappa shape index (κ2) is 4.88. The Bertz CT molecular complexity index is 127. The zero-order valence-electron chi connectivity index (χ0n) is 7.85. The molecule has 68 valence electrons. The predicted octanol–water partition coefficient (Wildman–Crippen LogP) is 2.27. The van der Waals surface area contributed by atoms with Crippen molar-refractivity contribution in [2.75, 3.05) is 6.61 Å². The van der Waals surface area contributed by atoms with Crippen LogP contribution in [0.3, 0.4) is 0 Å². The molecule has 0 bridgehead atoms. The molecule has 0 aromatic heterocycles. The van der Waals surface area contributed by atoms with Gasteiger partial charge in [0.05, 0.1) is 11.4 Å². The molecular formula is C8H18O2S. The van der Waals surface area contributed by atoms with Crippen LogP contribution >= 0.6 is 0 Å². The van der Waals surface area contributed by atoms with Crippen molar-refractivity contribution < 1.29 is 8.39 Å². The fourth-order valence-corrected chi connectivity index (χ4v) is 1.08. The first-order valence-corrected chi connectivity index (χ1v) is 5.11. The summed E-state index contributed by atoms with van der Waals surface area (Å²) in [5.74, 6) is 0. The summed E-state index contributed by atoms with van der Waals surface area (Å²) in [4.78, 5) is 0. The first kappa shape index (κ1) is 11.1. The highest BCUT2D eigenvalue weighted by molar-refractivity contribution is 7.81. The molecule has 1 unspecified atom stereocenters. The van der Waals surface area contributed by atoms with Crippen molar-refractivity contribution in [1.29, 1.82) is 0 Å². The van der Waals surface area contributed by atoms with E-state index in [4.69, 9.17) is 4.18 Å². The van der Waals surface area contributed by atoms with Gasteiger partial charge < -0.3 is 0 Å². The second-order valence-electron chi connectivity index (χ2n) is 3.52. The molecule has 0 rings (SSSR count). The van der Waals surface area contributed by atoms with E-state index in [1.54, 1.807) is 0 Å². The average molecular weight is 178 g/mol. The first-order chi connectivity index (χ1) is 4.98. The minimum Gasteiger partial charge on any atom is -0.290 e. The van der Waals surface area contributed by atoms with E-state index >= 15 is 0 Å². The maximum absolute atomic E-state index is 11.2. The van der Waals surface area contributed by atoms with Gasteiger partial charge in [-0.1, -0.05) is 13.3 Å². The normalized spacial score (nSPS) is 14.9. The molecule has 2 nitrogen and oxygen atoms in total. The summed E-state index contributed by atoms with van der Waals surface area (Å²) in [5, 5.41) is 0. The van der Waals surface area contributed by atoms with Crippen molar-refractivity contribution in [1.82, 2.24) is 0 Å². The van der Waals surface area contributed by atoms with Crippen molar-refractivity contribution in [3.8, 4) is 0 Å². The van der Waals surface area contributed by atoms with Crippen LogP contribution in [0.2, 0.25) is 0 Å². The van der Waals surface area contributed by atoms with E-state index in [1.165, 1.54) is 0 Å². The Morgan fingerprint density at radius 3 is 2.27 bits per heavy atom. The van der Waals surface area contributed by atoms with Crippen molar-refractivity contribution in [3.63, 3.8) is 0 Å². The molecule has 0 aliphatic heterocycles. The van der Waals surface area contributed by atoms with Crippen LogP contribution in [0, 0.1) is 0 Å². The van der Waals surface area contributed by atoms with Crippen LogP contribution < -0.4 is 0 Å². The summed E-state index contributed by atoms with van der Waals surface area (Å²) in [6, 6.07) is 0. The van der Waals surface area contributed by atoms with Crippen LogP contribution in [0.5, 0.6) is 0 Å². The van der Waals surface area contributed by atoms with Gasteiger partial charge in [0.2, 0.25) is 0 Å². The van der Waals surface area contributed by atoms with Crippen LogP contribution in [-0.2, 0) is 15.3 Å². The monoisotopic (exact) mass is 178 g/mol. The Morgan fingerprint density at radius 2 is 1.91 bits per heavy atom. The Hall–Kier alpha value is 0.110. The van der Waals surface area contributed by atoms with Crippen molar-refractivity contribution >= 4 is 11.1 Å². The van der Waals surface area contributed by atoms with Gasteiger partial charge >= 0.3 is 0 Å². The smallest absolute Gasteiger partial charge is 0.160 e. The topological polar surface area (TPSA) is 26.3 Å². The lowest BCUT2D eigenvalue weighted by atomic mass is 10.3. The highest BCUT2D eigenvalue weighted by atomic mass is 32.2. The summed E-state index contributed by atoms with van der Waals surface area (Å²) < 4.78 is 16.1. The van der Waals surface area contributed by atoms with E-state index in [1.807, 2.05) is 20.8 Å². The van der Waals surface area contributed by atoms with E-state index in [2.05, 4.69) is 6.92 Å². The highest BCUT2D eigenvalue weighted by Crippen LogP contribution is 2.12. The Morgan fingerprint density at radius 1 is 1.36 bits per heavy atom. The summed E-state index contributed by atoms with van der Waals surface area (Å²) in [6.45, 7) is 8.43. The maximum Gasteiger partial charge on any atom is 0.160 e. The van der Waals surface area contributed by atoms with Crippen LogP contribution in [0.4, 0.5) is 0 Å². The molecule has 0 saturated heterocycles. The van der Waals surface area contributed by atoms with Crippen molar-refractivity contribution in [3.05, 3.63) is 0 Å². The third-order valence-corrected chi connectivity index (χ3v) is 2.57. The van der Waals surface area contributed by atoms with Crippen molar-refractivity contribution in [2.45, 2.75) is 45.3 Å². The minimum atomic E-state index is -1.14. The quantitative estimate of drug-likeness (QED) is 0.617. The predicted molar refractivity (Wildman–Crippen MR) is 48.8 cm³/mol. The molecule has 0 radical (unpaired) electrons. The van der Waals surface area contributed by atoms with E-state index in [-0.39, 0.29) is 4.75 Å². The van der Waals surface area contributed by atoms with Crippen LogP contribution in [-0.4, -0.2) is 15.6 Å². The SMILES string of the molecule is CCCCOS(=O)C(C)(C)C. The van der Waals surface area contributed by atoms with Gasteiger partial charge in [-0.2, -0.15) is 0 Å². The zero-order chi connectivity index (χ0) is 8.91. The van der Waals surface area contributed by atoms with Gasteiger partial charge in [-0.25, -0.2) is 4.21 Å². The fraction of sp³-hybridized carbons (Fsp3) is 1.00. The third kappa shape index (κ3) is 5.39. The molecule has 0 aromatic rings. The van der Waals surface area contributed by atoms with Crippen molar-refractivity contribution in [2.24, 2.45) is 0 Å². The van der Waals surface area contributed by atoms with Gasteiger partial charge in [-0.15, -0.1) is 0 Å². The molecule has 0 aromatic carbocycles. The lowest BCUT2D eigenvalue weighted by Crippen LogP contribution is -2.23. The second-order valence-corrected chi connectivity index (χ2v) is 5.45. The minimum absolute atomic E-state index is 0.242. The van der Waals surface area contributed by atoms with Gasteiger partial charge in [0.1, 0.15) is 0 Å². The first-order valence-electron chi connectivity index (χ1n) is 4.03. The Balaban J connectivity index is 3.54. The lowest BCUT2D eigenvalue weighted by molar-refractivity contribution is 0.328. The number of unbranched alkanes of at least 4 members (excludes halogenated alkanes) is 1. The standard InChI is InChI=1S/C8H18O2S/c1-5-6-7-10-11(9)8(2,3)4/h5-7H2,1-4H3. The third-order valence-electron chi connectivity index (χ3n) is 1.19. The molecule has 0 aliphatic carbocycles. The van der Waals surface area contributed by atoms with Crippen LogP contribution in [0.25, 0.3) is 0 Å². The molecule has 0 N–H and O–H groups in total. The average Bonchev–Trinajstić information content (AvgIpc) is 1.86. The molecule has 0 amide bonds. The Kier molecular flexibility index (Phi) is 4.93. The zero-order valence-corrected chi connectivity index (χ0v) is 8.66. The number of hydrogen-bond acceptors (Lipinski definition) is 2. The Labute approximate surface area is 72.0 Å². The van der Waals surface area contributed by atoms with E-state index in [0.29, 0.717) is 6.61 Å². The van der Waals surface area contributed by atoms with Gasteiger partial charge in [-0.05, 0) is 27.2 Å². The van der Waals surface area contributed by atoms with Crippen LogP contribution in [0.15, 0.2) is 0 Å². The van der Waals surface area contributed by atoms with Gasteiger partial charge in [0, 0.05) is 0 Å². The number of hydrogen-bond donors (Lipinski definition) is 0. The van der Waals surface area contributed by atoms with Gasteiger partial charge in [-0.3, -0.25) is 4.18 Å². The van der Waals surface area contributed by atoms with Gasteiger partial charge in [0.25, 0.3) is 0 Å². The lowest BCUT2D eigenvalue weighted by Gasteiger charge is -2.16. The molecule has 0 fully saturated rings. The fourth-order valence-electron chi connectivity index (χ4n) is 0.456. The molecule has 11 heavy (non-hydrogen) atoms. The molecule has 0 aliphatic rings. The summed E-state index contributed by atoms with van der Waals surface area (Å²) in [5.41, 5.74) is 0. The largest absolute Gasteiger partial charge is 0.290 e.